The van der Waals surface area contributed by atoms with Crippen LogP contribution >= 0.6 is 0 Å². The first-order chi connectivity index (χ1) is 23.4. The Balaban J connectivity index is 1.82. The summed E-state index contributed by atoms with van der Waals surface area (Å²) in [6.07, 6.45) is 13.8. The number of nitrogens with zero attached hydrogens (tertiary/aromatic N) is 3. The number of hydrogen-bond acceptors (Lipinski definition) is 7. The Hall–Kier alpha value is -1.76. The van der Waals surface area contributed by atoms with E-state index in [2.05, 4.69) is 17.1 Å². The molecule has 3 fully saturated rings. The number of sulfonamides is 1. The van der Waals surface area contributed by atoms with Crippen molar-refractivity contribution < 1.29 is 27.9 Å². The van der Waals surface area contributed by atoms with Gasteiger partial charge in [-0.1, -0.05) is 78.6 Å². The average molecular weight is 712 g/mol. The zero-order valence-electron chi connectivity index (χ0n) is 31.3. The molecule has 5 unspecified atom stereocenters. The van der Waals surface area contributed by atoms with Gasteiger partial charge in [-0.25, -0.2) is 13.4 Å². The van der Waals surface area contributed by atoms with Crippen LogP contribution in [0.25, 0.3) is 0 Å². The van der Waals surface area contributed by atoms with Crippen LogP contribution in [0, 0.1) is 23.7 Å². The Morgan fingerprint density at radius 2 is 1.31 bits per heavy atom. The van der Waals surface area contributed by atoms with E-state index in [-0.39, 0.29) is 24.3 Å². The van der Waals surface area contributed by atoms with Crippen molar-refractivity contribution in [3.8, 4) is 0 Å². The summed E-state index contributed by atoms with van der Waals surface area (Å²) in [4.78, 5) is 47.5. The second kappa shape index (κ2) is 20.9. The Morgan fingerprint density at radius 3 is 1.86 bits per heavy atom. The fourth-order valence-electron chi connectivity index (χ4n) is 8.33. The maximum absolute atomic E-state index is 14.2. The van der Waals surface area contributed by atoms with Gasteiger partial charge in [-0.15, -0.1) is 4.83 Å². The first-order valence-electron chi connectivity index (χ1n) is 19.6. The molecule has 3 saturated carbocycles. The molecule has 0 aromatic heterocycles. The fraction of sp³-hybridized carbons (Fsp3) is 0.919. The summed E-state index contributed by atoms with van der Waals surface area (Å²) in [5.41, 5.74) is 0. The van der Waals surface area contributed by atoms with E-state index in [0.29, 0.717) is 64.1 Å². The summed E-state index contributed by atoms with van der Waals surface area (Å²) in [5.74, 6) is -1.30. The van der Waals surface area contributed by atoms with Crippen LogP contribution in [0.3, 0.4) is 0 Å². The number of nitrogens with one attached hydrogen (secondary N) is 2. The van der Waals surface area contributed by atoms with Crippen molar-refractivity contribution in [1.82, 2.24) is 25.0 Å². The van der Waals surface area contributed by atoms with Crippen LogP contribution in [0.5, 0.6) is 0 Å². The third-order valence-electron chi connectivity index (χ3n) is 11.1. The van der Waals surface area contributed by atoms with Gasteiger partial charge >= 0.3 is 0 Å². The van der Waals surface area contributed by atoms with E-state index in [9.17, 15) is 27.9 Å². The van der Waals surface area contributed by atoms with Crippen molar-refractivity contribution in [1.29, 1.82) is 0 Å². The van der Waals surface area contributed by atoms with E-state index in [1.54, 1.807) is 24.0 Å². The largest absolute Gasteiger partial charge is 0.390 e. The molecule has 5 atom stereocenters. The minimum absolute atomic E-state index is 0.0216. The molecule has 3 amide bonds. The van der Waals surface area contributed by atoms with Gasteiger partial charge in [-0.3, -0.25) is 14.4 Å². The zero-order chi connectivity index (χ0) is 36.0. The summed E-state index contributed by atoms with van der Waals surface area (Å²) >= 11 is 0. The predicted molar refractivity (Wildman–Crippen MR) is 195 cm³/mol. The highest BCUT2D eigenvalue weighted by molar-refractivity contribution is 7.90. The van der Waals surface area contributed by atoms with Gasteiger partial charge in [0, 0.05) is 58.0 Å². The number of rotatable bonds is 19. The normalized spacial score (nSPS) is 23.9. The topological polar surface area (TPSA) is 139 Å². The molecule has 3 rings (SSSR count). The van der Waals surface area contributed by atoms with Crippen molar-refractivity contribution in [2.75, 3.05) is 40.3 Å². The fourth-order valence-corrected chi connectivity index (χ4v) is 9.96. The second-order valence-electron chi connectivity index (χ2n) is 15.5. The van der Waals surface area contributed by atoms with Crippen LogP contribution in [0.4, 0.5) is 0 Å². The van der Waals surface area contributed by atoms with E-state index in [0.717, 1.165) is 70.6 Å². The molecule has 3 N–H and O–H groups in total. The van der Waals surface area contributed by atoms with Crippen LogP contribution in [0.2, 0.25) is 0 Å². The zero-order valence-corrected chi connectivity index (χ0v) is 32.2. The highest BCUT2D eigenvalue weighted by atomic mass is 32.2. The van der Waals surface area contributed by atoms with Crippen molar-refractivity contribution in [2.24, 2.45) is 23.7 Å². The van der Waals surface area contributed by atoms with E-state index in [1.807, 2.05) is 18.7 Å². The van der Waals surface area contributed by atoms with Gasteiger partial charge < -0.3 is 20.2 Å². The average Bonchev–Trinajstić information content (AvgIpc) is 3.09. The number of hydrazine groups is 1. The number of aliphatic hydroxyl groups is 1. The van der Waals surface area contributed by atoms with Gasteiger partial charge in [0.1, 0.15) is 0 Å². The highest BCUT2D eigenvalue weighted by Gasteiger charge is 2.42. The molecule has 0 saturated heterocycles. The number of aliphatic hydroxyl groups excluding tert-OH is 1. The molecule has 3 aliphatic rings. The summed E-state index contributed by atoms with van der Waals surface area (Å²) in [6.45, 7) is 8.00. The van der Waals surface area contributed by atoms with Gasteiger partial charge in [0.15, 0.2) is 0 Å². The first kappa shape index (κ1) is 41.7. The molecule has 0 bridgehead atoms. The van der Waals surface area contributed by atoms with E-state index >= 15 is 0 Å². The SMILES string of the molecule is CCCCN(CC(O)C(CC1CCCCC1)NC(=O)C1CC(C(=O)N(C)C)CC(C(=O)N(CCC)CCC)C1)NS(=O)(=O)C1CCCCC1. The molecule has 0 heterocycles. The number of hydrogen-bond donors (Lipinski definition) is 3. The Morgan fingerprint density at radius 1 is 0.755 bits per heavy atom. The number of unbranched alkanes of at least 4 members (excludes halogenated alkanes) is 1. The first-order valence-corrected chi connectivity index (χ1v) is 21.2. The van der Waals surface area contributed by atoms with Gasteiger partial charge in [0.05, 0.1) is 17.4 Å². The molecule has 3 aliphatic carbocycles. The Labute approximate surface area is 297 Å². The lowest BCUT2D eigenvalue weighted by Crippen LogP contribution is -2.55. The Bertz CT molecular complexity index is 1120. The van der Waals surface area contributed by atoms with E-state index in [1.165, 1.54) is 6.42 Å². The van der Waals surface area contributed by atoms with Gasteiger partial charge in [-0.2, -0.15) is 0 Å². The maximum Gasteiger partial charge on any atom is 0.227 e. The van der Waals surface area contributed by atoms with Crippen molar-refractivity contribution in [2.45, 2.75) is 154 Å². The molecule has 0 spiro atoms. The van der Waals surface area contributed by atoms with Crippen molar-refractivity contribution in [3.05, 3.63) is 0 Å². The molecular weight excluding hydrogens is 643 g/mol. The molecule has 49 heavy (non-hydrogen) atoms. The number of amides is 3. The van der Waals surface area contributed by atoms with Crippen LogP contribution < -0.4 is 10.1 Å². The number of carbonyl (C=O) groups excluding carboxylic acids is 3. The Kier molecular flexibility index (Phi) is 17.8. The quantitative estimate of drug-likeness (QED) is 0.163. The summed E-state index contributed by atoms with van der Waals surface area (Å²) in [6, 6.07) is -0.574. The molecule has 0 aromatic carbocycles. The van der Waals surface area contributed by atoms with Crippen molar-refractivity contribution in [3.63, 3.8) is 0 Å². The van der Waals surface area contributed by atoms with E-state index in [4.69, 9.17) is 0 Å². The van der Waals surface area contributed by atoms with Gasteiger partial charge in [0.25, 0.3) is 0 Å². The van der Waals surface area contributed by atoms with E-state index < -0.39 is 45.2 Å². The minimum atomic E-state index is -3.60. The molecule has 0 radical (unpaired) electrons. The maximum atomic E-state index is 14.2. The van der Waals surface area contributed by atoms with Gasteiger partial charge in [0.2, 0.25) is 27.7 Å². The lowest BCUT2D eigenvalue weighted by atomic mass is 9.73. The highest BCUT2D eigenvalue weighted by Crippen LogP contribution is 2.36. The monoisotopic (exact) mass is 711 g/mol. The molecule has 11 nitrogen and oxygen atoms in total. The summed E-state index contributed by atoms with van der Waals surface area (Å²) in [5, 5.41) is 16.2. The lowest BCUT2D eigenvalue weighted by molar-refractivity contribution is -0.143. The summed E-state index contributed by atoms with van der Waals surface area (Å²) in [7, 11) is -0.167. The summed E-state index contributed by atoms with van der Waals surface area (Å²) < 4.78 is 26.8. The number of carbonyl (C=O) groups is 3. The molecule has 284 valence electrons. The molecule has 12 heteroatoms. The minimum Gasteiger partial charge on any atom is -0.390 e. The third kappa shape index (κ3) is 13.1. The van der Waals surface area contributed by atoms with Crippen LogP contribution in [-0.4, -0.2) is 104 Å². The van der Waals surface area contributed by atoms with Crippen molar-refractivity contribution >= 4 is 27.7 Å². The molecule has 0 aliphatic heterocycles. The smallest absolute Gasteiger partial charge is 0.227 e. The van der Waals surface area contributed by atoms with Crippen LogP contribution in [0.15, 0.2) is 0 Å². The predicted octanol–water partition coefficient (Wildman–Crippen LogP) is 4.84. The lowest BCUT2D eigenvalue weighted by Gasteiger charge is -2.38. The standard InChI is InChI=1S/C37H69N5O6S/c1-6-9-22-42(39-49(47,48)32-18-14-11-15-19-32)27-34(43)33(23-28-16-12-10-13-17-28)38-35(44)29-24-30(36(45)40(4)5)26-31(25-29)37(46)41(20-7-2)21-8-3/h28-34,39,43H,6-27H2,1-5H3,(H,38,44). The second-order valence-corrected chi connectivity index (χ2v) is 17.4. The molecule has 0 aromatic rings. The van der Waals surface area contributed by atoms with Crippen LogP contribution in [-0.2, 0) is 24.4 Å². The van der Waals surface area contributed by atoms with Gasteiger partial charge in [-0.05, 0) is 63.7 Å². The van der Waals surface area contributed by atoms with Crippen LogP contribution in [0.1, 0.15) is 136 Å². The third-order valence-corrected chi connectivity index (χ3v) is 12.9. The molecular formula is C37H69N5O6S.